The van der Waals surface area contributed by atoms with Crippen molar-refractivity contribution in [2.45, 2.75) is 70.5 Å². The van der Waals surface area contributed by atoms with Gasteiger partial charge in [-0.25, -0.2) is 9.97 Å². The fraction of sp³-hybridized carbons (Fsp3) is 0.377. The Morgan fingerprint density at radius 1 is 0.881 bits per heavy atom. The van der Waals surface area contributed by atoms with Gasteiger partial charge in [0.2, 0.25) is 5.91 Å². The zero-order chi connectivity index (χ0) is 45.7. The van der Waals surface area contributed by atoms with E-state index in [0.717, 1.165) is 69.2 Å². The maximum Gasteiger partial charge on any atom is 0.265 e. The lowest BCUT2D eigenvalue weighted by Gasteiger charge is -2.35. The molecule has 3 fully saturated rings. The van der Waals surface area contributed by atoms with Gasteiger partial charge in [-0.1, -0.05) is 43.3 Å². The van der Waals surface area contributed by atoms with Crippen molar-refractivity contribution >= 4 is 73.2 Å². The quantitative estimate of drug-likeness (QED) is 0.117. The van der Waals surface area contributed by atoms with Crippen LogP contribution in [0.25, 0.3) is 32.1 Å². The summed E-state index contributed by atoms with van der Waals surface area (Å²) in [5.41, 5.74) is 6.14. The maximum atomic E-state index is 14.0. The van der Waals surface area contributed by atoms with Crippen LogP contribution in [0.5, 0.6) is 5.75 Å². The molecule has 5 atom stereocenters. The van der Waals surface area contributed by atoms with Crippen molar-refractivity contribution in [1.29, 1.82) is 0 Å². The molecule has 4 aromatic carbocycles. The Bertz CT molecular complexity index is 3090. The number of amides is 4. The largest absolute Gasteiger partial charge is 0.479 e. The Morgan fingerprint density at radius 3 is 2.57 bits per heavy atom. The second-order valence-corrected chi connectivity index (χ2v) is 20.4. The van der Waals surface area contributed by atoms with E-state index in [9.17, 15) is 24.0 Å². The van der Waals surface area contributed by atoms with Gasteiger partial charge in [0.05, 0.1) is 41.5 Å². The van der Waals surface area contributed by atoms with E-state index >= 15 is 0 Å². The normalized spacial score (nSPS) is 23.8. The molecule has 0 spiro atoms. The lowest BCUT2D eigenvalue weighted by Crippen LogP contribution is -2.49. The molecule has 4 amide bonds. The Labute approximate surface area is 391 Å². The Hall–Kier alpha value is -6.51. The molecule has 6 aromatic rings. The maximum absolute atomic E-state index is 14.0. The number of ketones is 1. The van der Waals surface area contributed by atoms with Crippen LogP contribution in [-0.2, 0) is 27.2 Å². The van der Waals surface area contributed by atoms with Crippen LogP contribution in [0, 0.1) is 17.8 Å². The minimum absolute atomic E-state index is 0.0214. The van der Waals surface area contributed by atoms with Gasteiger partial charge < -0.3 is 24.6 Å². The Balaban J connectivity index is 0.693. The third-order valence-electron chi connectivity index (χ3n) is 15.0. The number of aromatic nitrogens is 2. The minimum Gasteiger partial charge on any atom is -0.479 e. The van der Waals surface area contributed by atoms with Gasteiger partial charge in [-0.15, -0.1) is 11.3 Å². The standard InChI is InChI=1S/C53H50N6O7S/c1-28-6-10-39-45(20-28)67-50-46(39)48(54-27-55-50)58-18-19-65-35(25-58)26-59-52(63)38-12-8-32(22-41(38)53(59)64)31-7-11-36-33(21-31)4-3-5-37(36)40-24-42(40)51(62)57-16-14-30(15-17-57)47(60)34-9-13-44-43(23-34)56-49(61)29(2)66-44/h3-5,7-9,11-13,21-23,27-30,35,40,42H,6,10,14-20,24-26H2,1-2H3,(H,56,61)/t28-,29-,35+,40-,42-/m0/s1. The van der Waals surface area contributed by atoms with Crippen LogP contribution in [-0.4, -0.2) is 101 Å². The number of benzene rings is 4. The monoisotopic (exact) mass is 914 g/mol. The topological polar surface area (TPSA) is 151 Å². The molecule has 340 valence electrons. The summed E-state index contributed by atoms with van der Waals surface area (Å²) in [5.74, 6) is 1.25. The number of nitrogens with zero attached hydrogens (tertiary/aromatic N) is 5. The zero-order valence-electron chi connectivity index (χ0n) is 37.5. The highest BCUT2D eigenvalue weighted by molar-refractivity contribution is 7.19. The molecule has 6 heterocycles. The highest BCUT2D eigenvalue weighted by Gasteiger charge is 2.47. The Morgan fingerprint density at radius 2 is 1.70 bits per heavy atom. The lowest BCUT2D eigenvalue weighted by atomic mass is 9.88. The van der Waals surface area contributed by atoms with Crippen molar-refractivity contribution in [2.24, 2.45) is 17.8 Å². The summed E-state index contributed by atoms with van der Waals surface area (Å²) in [6.07, 6.45) is 5.91. The number of aryl methyl sites for hydroxylation is 1. The van der Waals surface area contributed by atoms with E-state index < -0.39 is 6.10 Å². The van der Waals surface area contributed by atoms with Crippen molar-refractivity contribution in [1.82, 2.24) is 19.8 Å². The number of ether oxygens (including phenoxy) is 2. The average Bonchev–Trinajstić information content (AvgIpc) is 4.01. The molecular weight excluding hydrogens is 865 g/mol. The molecule has 1 N–H and O–H groups in total. The summed E-state index contributed by atoms with van der Waals surface area (Å²) in [7, 11) is 0. The highest BCUT2D eigenvalue weighted by Crippen LogP contribution is 2.51. The predicted octanol–water partition coefficient (Wildman–Crippen LogP) is 8.08. The van der Waals surface area contributed by atoms with Crippen molar-refractivity contribution in [3.05, 3.63) is 112 Å². The molecule has 2 aliphatic carbocycles. The highest BCUT2D eigenvalue weighted by atomic mass is 32.1. The fourth-order valence-electron chi connectivity index (χ4n) is 11.2. The number of hydrogen-bond donors (Lipinski definition) is 1. The van der Waals surface area contributed by atoms with Crippen LogP contribution in [0.15, 0.2) is 79.1 Å². The SMILES string of the molecule is C[C@H]1CCc2c(sc3ncnc(N4CCO[C@@H](CN5C(=O)c6ccc(-c7ccc8c([C@@H]9C[C@@H]9C(=O)N9CCC(C(=O)c%10ccc%11c(c%10)NC(=O)[C@H](C)O%11)CC9)cccc8c7)cc6C5=O)C4)c23)C1. The molecule has 6 aliphatic rings. The molecular formula is C53H50N6O7S. The van der Waals surface area contributed by atoms with E-state index in [2.05, 4.69) is 52.5 Å². The third kappa shape index (κ3) is 7.36. The molecule has 12 rings (SSSR count). The number of likely N-dealkylation sites (tertiary alicyclic amines) is 1. The van der Waals surface area contributed by atoms with Crippen molar-refractivity contribution < 1.29 is 33.4 Å². The lowest BCUT2D eigenvalue weighted by molar-refractivity contribution is -0.134. The molecule has 2 saturated heterocycles. The molecule has 14 heteroatoms. The number of nitrogens with one attached hydrogen (secondary N) is 1. The van der Waals surface area contributed by atoms with Crippen LogP contribution in [0.2, 0.25) is 0 Å². The van der Waals surface area contributed by atoms with E-state index in [1.165, 1.54) is 15.3 Å². The van der Waals surface area contributed by atoms with E-state index in [-0.39, 0.29) is 59.8 Å². The van der Waals surface area contributed by atoms with Crippen LogP contribution >= 0.6 is 11.3 Å². The smallest absolute Gasteiger partial charge is 0.265 e. The molecule has 13 nitrogen and oxygen atoms in total. The van der Waals surface area contributed by atoms with Gasteiger partial charge in [0, 0.05) is 48.5 Å². The van der Waals surface area contributed by atoms with Crippen molar-refractivity contribution in [3.8, 4) is 16.9 Å². The van der Waals surface area contributed by atoms with Crippen LogP contribution in [0.4, 0.5) is 11.5 Å². The van der Waals surface area contributed by atoms with Gasteiger partial charge in [0.25, 0.3) is 17.7 Å². The Kier molecular flexibility index (Phi) is 10.2. The minimum atomic E-state index is -0.583. The first kappa shape index (κ1) is 41.9. The van der Waals surface area contributed by atoms with E-state index in [4.69, 9.17) is 14.5 Å². The van der Waals surface area contributed by atoms with Crippen molar-refractivity contribution in [3.63, 3.8) is 0 Å². The van der Waals surface area contributed by atoms with Gasteiger partial charge in [0.15, 0.2) is 11.9 Å². The number of morpholine rings is 1. The van der Waals surface area contributed by atoms with E-state index in [0.29, 0.717) is 79.7 Å². The number of rotatable bonds is 8. The van der Waals surface area contributed by atoms with Crippen LogP contribution in [0.1, 0.15) is 92.5 Å². The van der Waals surface area contributed by atoms with Crippen LogP contribution in [0.3, 0.4) is 0 Å². The van der Waals surface area contributed by atoms with Gasteiger partial charge in [-0.3, -0.25) is 28.9 Å². The zero-order valence-corrected chi connectivity index (χ0v) is 38.3. The van der Waals surface area contributed by atoms with Crippen molar-refractivity contribution in [2.75, 3.05) is 49.5 Å². The van der Waals surface area contributed by atoms with Gasteiger partial charge in [0.1, 0.15) is 22.7 Å². The second kappa shape index (κ2) is 16.4. The summed E-state index contributed by atoms with van der Waals surface area (Å²) in [4.78, 5) is 84.6. The number of carbonyl (C=O) groups is 5. The molecule has 1 saturated carbocycles. The average molecular weight is 915 g/mol. The summed E-state index contributed by atoms with van der Waals surface area (Å²) < 4.78 is 11.8. The molecule has 0 radical (unpaired) electrons. The number of Topliss-reactive ketones (excluding diaryl/α,β-unsaturated/α-hetero) is 1. The fourth-order valence-corrected chi connectivity index (χ4v) is 12.5. The summed E-state index contributed by atoms with van der Waals surface area (Å²) in [5, 5.41) is 6.10. The number of hydrogen-bond acceptors (Lipinski definition) is 11. The first-order chi connectivity index (χ1) is 32.6. The first-order valence-corrected chi connectivity index (χ1v) is 24.5. The summed E-state index contributed by atoms with van der Waals surface area (Å²) in [6.45, 7) is 6.86. The van der Waals surface area contributed by atoms with E-state index in [1.807, 2.05) is 23.1 Å². The number of thiophene rings is 1. The molecule has 4 aliphatic heterocycles. The van der Waals surface area contributed by atoms with Gasteiger partial charge in [-0.2, -0.15) is 0 Å². The van der Waals surface area contributed by atoms with Gasteiger partial charge in [-0.05, 0) is 127 Å². The number of piperidine rings is 1. The second-order valence-electron chi connectivity index (χ2n) is 19.3. The number of imide groups is 1. The number of fused-ring (bicyclic) bond motifs is 6. The predicted molar refractivity (Wildman–Crippen MR) is 255 cm³/mol. The first-order valence-electron chi connectivity index (χ1n) is 23.7. The molecule has 0 bridgehead atoms. The number of carbonyl (C=O) groups excluding carboxylic acids is 5. The summed E-state index contributed by atoms with van der Waals surface area (Å²) >= 11 is 1.78. The molecule has 0 unspecified atom stereocenters. The molecule has 2 aromatic heterocycles. The number of anilines is 2. The molecule has 67 heavy (non-hydrogen) atoms. The van der Waals surface area contributed by atoms with Crippen LogP contribution < -0.4 is 15.0 Å². The van der Waals surface area contributed by atoms with Gasteiger partial charge >= 0.3 is 0 Å². The summed E-state index contributed by atoms with van der Waals surface area (Å²) in [6, 6.07) is 23.2. The third-order valence-corrected chi connectivity index (χ3v) is 16.2. The van der Waals surface area contributed by atoms with E-state index in [1.54, 1.807) is 48.9 Å².